The van der Waals surface area contributed by atoms with E-state index in [1.54, 1.807) is 36.4 Å². The average molecular weight is 599 g/mol. The molecule has 1 saturated heterocycles. The molecule has 7 nitrogen and oxygen atoms in total. The number of halogens is 1. The molecule has 0 unspecified atom stereocenters. The van der Waals surface area contributed by atoms with E-state index < -0.39 is 17.8 Å². The molecule has 1 aliphatic heterocycles. The Morgan fingerprint density at radius 1 is 0.900 bits per heavy atom. The van der Waals surface area contributed by atoms with Crippen LogP contribution in [-0.2, 0) is 16.2 Å². The molecule has 0 saturated carbocycles. The van der Waals surface area contributed by atoms with Gasteiger partial charge in [0.2, 0.25) is 0 Å². The maximum atomic E-state index is 13.5. The fourth-order valence-corrected chi connectivity index (χ4v) is 4.79. The number of amides is 4. The SMILES string of the molecule is CCCCOc1ccc(N2C(=O)NC(=O)/C(=C/c3cc(Br)ccc3OCc3cccc4ccccc34)C2=O)cc1. The summed E-state index contributed by atoms with van der Waals surface area (Å²) in [7, 11) is 0. The van der Waals surface area contributed by atoms with Crippen LogP contribution in [0.4, 0.5) is 10.5 Å². The molecule has 40 heavy (non-hydrogen) atoms. The maximum Gasteiger partial charge on any atom is 0.335 e. The Kier molecular flexibility index (Phi) is 8.26. The molecular weight excluding hydrogens is 572 g/mol. The zero-order chi connectivity index (χ0) is 28.1. The Bertz CT molecular complexity index is 1610. The summed E-state index contributed by atoms with van der Waals surface area (Å²) in [6.07, 6.45) is 3.38. The zero-order valence-corrected chi connectivity index (χ0v) is 23.4. The van der Waals surface area contributed by atoms with Gasteiger partial charge in [-0.25, -0.2) is 9.69 Å². The van der Waals surface area contributed by atoms with E-state index in [-0.39, 0.29) is 12.2 Å². The fourth-order valence-electron chi connectivity index (χ4n) is 4.41. The highest BCUT2D eigenvalue weighted by atomic mass is 79.9. The van der Waals surface area contributed by atoms with Crippen molar-refractivity contribution in [2.75, 3.05) is 11.5 Å². The van der Waals surface area contributed by atoms with Crippen LogP contribution in [0.25, 0.3) is 16.8 Å². The van der Waals surface area contributed by atoms with Gasteiger partial charge in [-0.05, 0) is 71.3 Å². The second-order valence-electron chi connectivity index (χ2n) is 9.26. The molecule has 202 valence electrons. The highest BCUT2D eigenvalue weighted by Crippen LogP contribution is 2.30. The monoisotopic (exact) mass is 598 g/mol. The number of hydrogen-bond donors (Lipinski definition) is 1. The summed E-state index contributed by atoms with van der Waals surface area (Å²) < 4.78 is 12.6. The number of nitrogens with one attached hydrogen (secondary N) is 1. The smallest absolute Gasteiger partial charge is 0.335 e. The Morgan fingerprint density at radius 2 is 1.68 bits per heavy atom. The molecule has 0 bridgehead atoms. The lowest BCUT2D eigenvalue weighted by atomic mass is 10.0. The summed E-state index contributed by atoms with van der Waals surface area (Å²) >= 11 is 3.46. The number of anilines is 1. The van der Waals surface area contributed by atoms with Crippen LogP contribution in [0.2, 0.25) is 0 Å². The zero-order valence-electron chi connectivity index (χ0n) is 21.9. The third-order valence-corrected chi connectivity index (χ3v) is 6.99. The summed E-state index contributed by atoms with van der Waals surface area (Å²) in [6.45, 7) is 2.95. The van der Waals surface area contributed by atoms with Crippen molar-refractivity contribution in [3.8, 4) is 11.5 Å². The molecule has 4 amide bonds. The van der Waals surface area contributed by atoms with E-state index in [1.807, 2.05) is 48.5 Å². The van der Waals surface area contributed by atoms with Gasteiger partial charge in [0, 0.05) is 10.0 Å². The lowest BCUT2D eigenvalue weighted by Crippen LogP contribution is -2.54. The van der Waals surface area contributed by atoms with Gasteiger partial charge in [0.25, 0.3) is 11.8 Å². The predicted molar refractivity (Wildman–Crippen MR) is 158 cm³/mol. The molecule has 4 aromatic rings. The van der Waals surface area contributed by atoms with Crippen molar-refractivity contribution in [1.29, 1.82) is 0 Å². The van der Waals surface area contributed by atoms with E-state index in [2.05, 4.69) is 28.2 Å². The number of benzene rings is 4. The molecule has 1 heterocycles. The second-order valence-corrected chi connectivity index (χ2v) is 10.2. The Balaban J connectivity index is 1.41. The number of urea groups is 1. The van der Waals surface area contributed by atoms with Gasteiger partial charge in [0.05, 0.1) is 12.3 Å². The van der Waals surface area contributed by atoms with Gasteiger partial charge < -0.3 is 9.47 Å². The molecule has 0 radical (unpaired) electrons. The quantitative estimate of drug-likeness (QED) is 0.127. The number of ether oxygens (including phenoxy) is 2. The molecular formula is C32H27BrN2O5. The lowest BCUT2D eigenvalue weighted by Gasteiger charge is -2.26. The number of imide groups is 2. The van der Waals surface area contributed by atoms with Gasteiger partial charge in [0.1, 0.15) is 23.7 Å². The summed E-state index contributed by atoms with van der Waals surface area (Å²) in [4.78, 5) is 39.9. The Morgan fingerprint density at radius 3 is 2.48 bits per heavy atom. The summed E-state index contributed by atoms with van der Waals surface area (Å²) in [5.74, 6) is -0.378. The van der Waals surface area contributed by atoms with Gasteiger partial charge >= 0.3 is 6.03 Å². The van der Waals surface area contributed by atoms with Crippen LogP contribution in [0.1, 0.15) is 30.9 Å². The van der Waals surface area contributed by atoms with Gasteiger partial charge in [-0.1, -0.05) is 71.7 Å². The normalized spacial score (nSPS) is 14.5. The minimum atomic E-state index is -0.812. The first kappa shape index (κ1) is 27.1. The minimum absolute atomic E-state index is 0.184. The van der Waals surface area contributed by atoms with Crippen LogP contribution in [0.5, 0.6) is 11.5 Å². The summed E-state index contributed by atoms with van der Waals surface area (Å²) in [5, 5.41) is 4.46. The number of rotatable bonds is 9. The minimum Gasteiger partial charge on any atom is -0.494 e. The Hall–Kier alpha value is -4.43. The van der Waals surface area contributed by atoms with E-state index in [9.17, 15) is 14.4 Å². The third-order valence-electron chi connectivity index (χ3n) is 6.50. The average Bonchev–Trinajstić information content (AvgIpc) is 2.95. The van der Waals surface area contributed by atoms with Gasteiger partial charge in [-0.2, -0.15) is 0 Å². The van der Waals surface area contributed by atoms with Crippen LogP contribution in [0.3, 0.4) is 0 Å². The van der Waals surface area contributed by atoms with Crippen LogP contribution in [-0.4, -0.2) is 24.5 Å². The van der Waals surface area contributed by atoms with Crippen molar-refractivity contribution >= 4 is 56.3 Å². The highest BCUT2D eigenvalue weighted by molar-refractivity contribution is 9.10. The van der Waals surface area contributed by atoms with Crippen molar-refractivity contribution in [3.63, 3.8) is 0 Å². The molecule has 4 aromatic carbocycles. The lowest BCUT2D eigenvalue weighted by molar-refractivity contribution is -0.122. The number of unbranched alkanes of at least 4 members (excludes halogenated alkanes) is 1. The first-order valence-corrected chi connectivity index (χ1v) is 13.8. The van der Waals surface area contributed by atoms with Crippen molar-refractivity contribution < 1.29 is 23.9 Å². The van der Waals surface area contributed by atoms with Gasteiger partial charge in [-0.15, -0.1) is 0 Å². The predicted octanol–water partition coefficient (Wildman–Crippen LogP) is 7.03. The number of carbonyl (C=O) groups is 3. The molecule has 5 rings (SSSR count). The van der Waals surface area contributed by atoms with Crippen molar-refractivity contribution in [2.45, 2.75) is 26.4 Å². The molecule has 1 aliphatic rings. The van der Waals surface area contributed by atoms with Crippen molar-refractivity contribution in [1.82, 2.24) is 5.32 Å². The summed E-state index contributed by atoms with van der Waals surface area (Å²) in [6, 6.07) is 25.2. The third kappa shape index (κ3) is 5.92. The largest absolute Gasteiger partial charge is 0.494 e. The van der Waals surface area contributed by atoms with E-state index in [4.69, 9.17) is 9.47 Å². The summed E-state index contributed by atoms with van der Waals surface area (Å²) in [5.41, 5.74) is 1.66. The van der Waals surface area contributed by atoms with Crippen LogP contribution in [0, 0.1) is 0 Å². The number of hydrogen-bond acceptors (Lipinski definition) is 5. The number of carbonyl (C=O) groups excluding carboxylic acids is 3. The van der Waals surface area contributed by atoms with E-state index >= 15 is 0 Å². The van der Waals surface area contributed by atoms with E-state index in [1.165, 1.54) is 6.08 Å². The van der Waals surface area contributed by atoms with Crippen molar-refractivity contribution in [2.24, 2.45) is 0 Å². The number of nitrogens with zero attached hydrogens (tertiary/aromatic N) is 1. The fraction of sp³-hybridized carbons (Fsp3) is 0.156. The van der Waals surface area contributed by atoms with Crippen LogP contribution in [0.15, 0.2) is 95.0 Å². The topological polar surface area (TPSA) is 84.9 Å². The molecule has 0 aromatic heterocycles. The first-order chi connectivity index (χ1) is 19.4. The maximum absolute atomic E-state index is 13.5. The van der Waals surface area contributed by atoms with Gasteiger partial charge in [0.15, 0.2) is 0 Å². The molecule has 0 atom stereocenters. The van der Waals surface area contributed by atoms with E-state index in [0.29, 0.717) is 29.4 Å². The molecule has 1 N–H and O–H groups in total. The first-order valence-electron chi connectivity index (χ1n) is 13.0. The second kappa shape index (κ2) is 12.2. The molecule has 0 spiro atoms. The highest BCUT2D eigenvalue weighted by Gasteiger charge is 2.37. The number of fused-ring (bicyclic) bond motifs is 1. The number of barbiturate groups is 1. The molecule has 0 aliphatic carbocycles. The van der Waals surface area contributed by atoms with E-state index in [0.717, 1.165) is 38.6 Å². The van der Waals surface area contributed by atoms with Gasteiger partial charge in [-0.3, -0.25) is 14.9 Å². The molecule has 1 fully saturated rings. The van der Waals surface area contributed by atoms with Crippen molar-refractivity contribution in [3.05, 3.63) is 106 Å². The van der Waals surface area contributed by atoms with Crippen LogP contribution < -0.4 is 19.7 Å². The van der Waals surface area contributed by atoms with Crippen LogP contribution >= 0.6 is 15.9 Å². The molecule has 8 heteroatoms. The standard InChI is InChI=1S/C32H27BrN2O5/c1-2-3-17-39-26-14-12-25(13-15-26)35-31(37)28(30(36)34-32(35)38)19-23-18-24(33)11-16-29(23)40-20-22-9-6-8-21-7-4-5-10-27(21)22/h4-16,18-19H,2-3,17,20H2,1H3,(H,34,36,38)/b28-19-. The Labute approximate surface area is 240 Å².